The number of anilines is 1. The molecular weight excluding hydrogens is 843 g/mol. The van der Waals surface area contributed by atoms with E-state index in [1.807, 2.05) is 20.8 Å². The number of nitrogens with one attached hydrogen (secondary N) is 5. The summed E-state index contributed by atoms with van der Waals surface area (Å²) in [4.78, 5) is 63.6. The zero-order valence-electron chi connectivity index (χ0n) is 36.4. The van der Waals surface area contributed by atoms with Crippen molar-refractivity contribution in [3.05, 3.63) is 83.7 Å². The molecule has 64 heavy (non-hydrogen) atoms. The van der Waals surface area contributed by atoms with Gasteiger partial charge in [-0.3, -0.25) is 14.4 Å². The number of carboxylic acid groups (broad SMARTS) is 1. The second kappa shape index (κ2) is 23.3. The Hall–Kier alpha value is -6.44. The molecule has 0 radical (unpaired) electrons. The Morgan fingerprint density at radius 3 is 2.08 bits per heavy atom. The van der Waals surface area contributed by atoms with Crippen LogP contribution in [0.3, 0.4) is 0 Å². The van der Waals surface area contributed by atoms with Gasteiger partial charge in [-0.1, -0.05) is 50.2 Å². The average molecular weight is 898 g/mol. The number of alkyl carbamates (subject to hydrolysis) is 1. The van der Waals surface area contributed by atoms with Crippen LogP contribution in [0.1, 0.15) is 76.2 Å². The molecule has 4 aromatic rings. The Morgan fingerprint density at radius 2 is 1.52 bits per heavy atom. The zero-order chi connectivity index (χ0) is 47.0. The summed E-state index contributed by atoms with van der Waals surface area (Å²) < 4.78 is 52.8. The lowest BCUT2D eigenvalue weighted by Gasteiger charge is -2.29. The van der Waals surface area contributed by atoms with E-state index in [-0.39, 0.29) is 35.3 Å². The van der Waals surface area contributed by atoms with Crippen LogP contribution in [-0.2, 0) is 25.5 Å². The summed E-state index contributed by atoms with van der Waals surface area (Å²) in [6.45, 7) is 12.8. The number of tetrazole rings is 1. The van der Waals surface area contributed by atoms with Crippen LogP contribution in [0.5, 0.6) is 0 Å². The molecule has 5 rings (SSSR count). The molecule has 4 amide bonds. The molecule has 0 unspecified atom stereocenters. The smallest absolute Gasteiger partial charge is 0.475 e. The number of carbonyl (C=O) groups excluding carboxylic acids is 4. The normalized spacial score (nSPS) is 15.5. The van der Waals surface area contributed by atoms with Gasteiger partial charge in [-0.2, -0.15) is 18.4 Å². The number of aromatic nitrogens is 4. The minimum absolute atomic E-state index is 0.0331. The molecule has 20 heteroatoms. The first kappa shape index (κ1) is 50.2. The van der Waals surface area contributed by atoms with E-state index in [2.05, 4.69) is 60.6 Å². The molecule has 1 aliphatic carbocycles. The predicted octanol–water partition coefficient (Wildman–Crippen LogP) is 6.37. The number of aromatic amines is 1. The number of likely N-dealkylation sites (N-methyl/N-ethyl adjacent to an activating group) is 1. The van der Waals surface area contributed by atoms with Gasteiger partial charge in [0.2, 0.25) is 17.6 Å². The number of hydrogen-bond acceptors (Lipinski definition) is 10. The summed E-state index contributed by atoms with van der Waals surface area (Å²) in [5.74, 6) is -4.13. The van der Waals surface area contributed by atoms with E-state index in [0.717, 1.165) is 31.5 Å². The third kappa shape index (κ3) is 15.7. The molecule has 1 atom stereocenters. The van der Waals surface area contributed by atoms with Crippen molar-refractivity contribution in [1.29, 1.82) is 0 Å². The van der Waals surface area contributed by atoms with E-state index in [0.29, 0.717) is 55.1 Å². The van der Waals surface area contributed by atoms with Crippen LogP contribution in [0.25, 0.3) is 22.5 Å². The van der Waals surface area contributed by atoms with Crippen LogP contribution in [0.15, 0.2) is 66.7 Å². The van der Waals surface area contributed by atoms with Gasteiger partial charge in [0, 0.05) is 48.8 Å². The molecule has 1 aliphatic rings. The number of ether oxygens (including phenoxy) is 1. The molecule has 346 valence electrons. The van der Waals surface area contributed by atoms with Crippen molar-refractivity contribution >= 4 is 35.5 Å². The topological polar surface area (TPSA) is 221 Å². The van der Waals surface area contributed by atoms with Gasteiger partial charge in [0.1, 0.15) is 17.5 Å². The second-order valence-corrected chi connectivity index (χ2v) is 16.1. The van der Waals surface area contributed by atoms with Gasteiger partial charge in [-0.15, -0.1) is 10.2 Å². The molecule has 1 heterocycles. The van der Waals surface area contributed by atoms with Gasteiger partial charge >= 0.3 is 18.2 Å². The number of nitrogens with zero attached hydrogens (tertiary/aromatic N) is 4. The minimum Gasteiger partial charge on any atom is -0.475 e. The van der Waals surface area contributed by atoms with Crippen LogP contribution >= 0.6 is 0 Å². The Balaban J connectivity index is 0.00000118. The molecule has 3 aromatic carbocycles. The summed E-state index contributed by atoms with van der Waals surface area (Å²) in [5.41, 5.74) is 2.20. The number of benzene rings is 3. The highest BCUT2D eigenvalue weighted by molar-refractivity contribution is 5.98. The maximum atomic E-state index is 15.7. The minimum atomic E-state index is -5.08. The van der Waals surface area contributed by atoms with Crippen molar-refractivity contribution in [2.45, 2.75) is 84.5 Å². The van der Waals surface area contributed by atoms with Gasteiger partial charge in [0.25, 0.3) is 5.91 Å². The summed E-state index contributed by atoms with van der Waals surface area (Å²) in [6, 6.07) is 17.9. The Kier molecular flexibility index (Phi) is 18.3. The third-order valence-electron chi connectivity index (χ3n) is 10.3. The fourth-order valence-electron chi connectivity index (χ4n) is 6.83. The molecule has 0 aliphatic heterocycles. The second-order valence-electron chi connectivity index (χ2n) is 16.1. The molecular formula is C44H55F4N9O7. The summed E-state index contributed by atoms with van der Waals surface area (Å²) >= 11 is 0. The van der Waals surface area contributed by atoms with Crippen molar-refractivity contribution in [1.82, 2.24) is 41.5 Å². The number of aliphatic carboxylic acids is 1. The molecule has 0 saturated heterocycles. The monoisotopic (exact) mass is 897 g/mol. The van der Waals surface area contributed by atoms with Gasteiger partial charge in [-0.25, -0.2) is 14.0 Å². The van der Waals surface area contributed by atoms with Crippen LogP contribution in [-0.4, -0.2) is 111 Å². The third-order valence-corrected chi connectivity index (χ3v) is 10.3. The molecule has 16 nitrogen and oxygen atoms in total. The van der Waals surface area contributed by atoms with E-state index in [1.165, 1.54) is 6.07 Å². The maximum Gasteiger partial charge on any atom is 0.490 e. The highest BCUT2D eigenvalue weighted by Gasteiger charge is 2.38. The SMILES string of the molecule is CCN(CC)CCNC(=O)c1cccc(-c2ccc(C[C@H](NC(=O)C3CCC(CNC(=O)OC(C)(C)C)CC3)C(=O)Nc3ccc(-c4nn[nH]n4)cc3)cc2)c1F.O=C(O)C(F)(F)F. The lowest BCUT2D eigenvalue weighted by Crippen LogP contribution is -2.48. The quantitative estimate of drug-likeness (QED) is 0.0678. The Morgan fingerprint density at radius 1 is 0.891 bits per heavy atom. The summed E-state index contributed by atoms with van der Waals surface area (Å²) in [6.07, 6.45) is -2.65. The van der Waals surface area contributed by atoms with Gasteiger partial charge < -0.3 is 36.0 Å². The number of carboxylic acids is 1. The Labute approximate surface area is 368 Å². The summed E-state index contributed by atoms with van der Waals surface area (Å²) in [7, 11) is 0. The predicted molar refractivity (Wildman–Crippen MR) is 229 cm³/mol. The first-order chi connectivity index (χ1) is 30.3. The lowest BCUT2D eigenvalue weighted by molar-refractivity contribution is -0.192. The Bertz CT molecular complexity index is 2150. The average Bonchev–Trinajstić information content (AvgIpc) is 3.80. The first-order valence-electron chi connectivity index (χ1n) is 20.9. The van der Waals surface area contributed by atoms with E-state index in [9.17, 15) is 32.3 Å². The number of hydrogen-bond donors (Lipinski definition) is 6. The van der Waals surface area contributed by atoms with Crippen molar-refractivity contribution in [2.24, 2.45) is 11.8 Å². The van der Waals surface area contributed by atoms with Crippen LogP contribution < -0.4 is 21.3 Å². The van der Waals surface area contributed by atoms with Crippen molar-refractivity contribution in [3.63, 3.8) is 0 Å². The van der Waals surface area contributed by atoms with E-state index >= 15 is 4.39 Å². The van der Waals surface area contributed by atoms with Crippen molar-refractivity contribution in [3.8, 4) is 22.5 Å². The molecule has 1 fully saturated rings. The van der Waals surface area contributed by atoms with E-state index < -0.39 is 47.5 Å². The van der Waals surface area contributed by atoms with Crippen LogP contribution in [0.2, 0.25) is 0 Å². The molecule has 0 bridgehead atoms. The largest absolute Gasteiger partial charge is 0.490 e. The number of rotatable bonds is 16. The highest BCUT2D eigenvalue weighted by atomic mass is 19.4. The zero-order valence-corrected chi connectivity index (χ0v) is 36.4. The number of alkyl halides is 3. The summed E-state index contributed by atoms with van der Waals surface area (Å²) in [5, 5.41) is 32.7. The van der Waals surface area contributed by atoms with Crippen LogP contribution in [0, 0.1) is 17.7 Å². The number of carbonyl (C=O) groups is 5. The van der Waals surface area contributed by atoms with Crippen molar-refractivity contribution < 1.29 is 51.4 Å². The fourth-order valence-corrected chi connectivity index (χ4v) is 6.83. The van der Waals surface area contributed by atoms with Crippen molar-refractivity contribution in [2.75, 3.05) is 38.0 Å². The molecule has 1 saturated carbocycles. The standard InChI is InChI=1S/C42H54FN9O5.C2HF3O2/c1-6-52(7-2)24-23-44-39(54)34-10-8-9-33(36(34)43)29-15-11-27(12-16-29)25-35(40(55)46-32-21-19-30(20-22-32)37-48-50-51-49-37)47-38(53)31-17-13-28(14-18-31)26-45-41(56)57-42(3,4)5;3-2(4,5)1(6)7/h8-12,15-16,19-22,28,31,35H,6-7,13-14,17-18,23-26H2,1-5H3,(H,44,54)(H,45,56)(H,46,55)(H,47,53)(H,48,49,50,51);(H,6,7)/t28?,31?,35-;/m0./s1. The fraction of sp³-hybridized carbons (Fsp3) is 0.455. The molecule has 6 N–H and O–H groups in total. The van der Waals surface area contributed by atoms with E-state index in [4.69, 9.17) is 14.6 Å². The number of halogens is 4. The van der Waals surface area contributed by atoms with Gasteiger partial charge in [0.05, 0.1) is 5.56 Å². The first-order valence-corrected chi connectivity index (χ1v) is 20.9. The number of amides is 4. The van der Waals surface area contributed by atoms with Gasteiger partial charge in [-0.05, 0) is 112 Å². The maximum absolute atomic E-state index is 15.7. The van der Waals surface area contributed by atoms with E-state index in [1.54, 1.807) is 60.7 Å². The number of H-pyrrole nitrogens is 1. The molecule has 0 spiro atoms. The molecule has 1 aromatic heterocycles. The highest BCUT2D eigenvalue weighted by Crippen LogP contribution is 2.30. The van der Waals surface area contributed by atoms with Crippen LogP contribution in [0.4, 0.5) is 28.0 Å². The van der Waals surface area contributed by atoms with Gasteiger partial charge in [0.15, 0.2) is 0 Å². The lowest BCUT2D eigenvalue weighted by atomic mass is 9.81.